The maximum absolute atomic E-state index is 13.1. The summed E-state index contributed by atoms with van der Waals surface area (Å²) in [6.07, 6.45) is 6.27. The van der Waals surface area contributed by atoms with E-state index in [1.54, 1.807) is 0 Å². The van der Waals surface area contributed by atoms with Crippen LogP contribution in [-0.2, 0) is 15.1 Å². The van der Waals surface area contributed by atoms with E-state index in [1.807, 2.05) is 35.2 Å². The molecular formula is C22H33N3O3. The Morgan fingerprint density at radius 2 is 2.00 bits per heavy atom. The first-order chi connectivity index (χ1) is 13.6. The molecule has 2 aliphatic rings. The summed E-state index contributed by atoms with van der Waals surface area (Å²) in [7, 11) is 0. The first-order valence-electron chi connectivity index (χ1n) is 10.6. The molecule has 3 rings (SSSR count). The summed E-state index contributed by atoms with van der Waals surface area (Å²) in [4.78, 5) is 19.5. The van der Waals surface area contributed by atoms with E-state index < -0.39 is 11.6 Å². The van der Waals surface area contributed by atoms with Gasteiger partial charge in [0.2, 0.25) is 0 Å². The first-order valence-corrected chi connectivity index (χ1v) is 10.6. The molecule has 0 aromatic heterocycles. The minimum Gasteiger partial charge on any atom is -0.458 e. The number of esters is 1. The molecule has 1 aliphatic heterocycles. The van der Waals surface area contributed by atoms with Crippen molar-refractivity contribution in [3.63, 3.8) is 0 Å². The number of carbonyl (C=O) groups is 1. The van der Waals surface area contributed by atoms with Gasteiger partial charge in [-0.05, 0) is 24.8 Å². The number of likely N-dealkylation sites (tertiary alicyclic amines) is 1. The topological polar surface area (TPSA) is 88.1 Å². The molecule has 2 atom stereocenters. The van der Waals surface area contributed by atoms with Gasteiger partial charge in [-0.25, -0.2) is 4.79 Å². The fraction of sp³-hybridized carbons (Fsp3) is 0.636. The molecule has 28 heavy (non-hydrogen) atoms. The summed E-state index contributed by atoms with van der Waals surface area (Å²) < 4.78 is 5.81. The predicted molar refractivity (Wildman–Crippen MR) is 110 cm³/mol. The van der Waals surface area contributed by atoms with Gasteiger partial charge >= 0.3 is 5.97 Å². The maximum Gasteiger partial charge on any atom is 0.343 e. The number of nitrogens with zero attached hydrogens (tertiary/aromatic N) is 2. The van der Waals surface area contributed by atoms with Gasteiger partial charge in [0.15, 0.2) is 11.6 Å². The lowest BCUT2D eigenvalue weighted by Crippen LogP contribution is -2.45. The van der Waals surface area contributed by atoms with Crippen molar-refractivity contribution in [2.24, 2.45) is 16.6 Å². The van der Waals surface area contributed by atoms with Crippen LogP contribution in [0.5, 0.6) is 0 Å². The predicted octanol–water partition coefficient (Wildman–Crippen LogP) is 2.80. The van der Waals surface area contributed by atoms with E-state index >= 15 is 0 Å². The molecule has 0 amide bonds. The summed E-state index contributed by atoms with van der Waals surface area (Å²) in [5.74, 6) is -0.111. The van der Waals surface area contributed by atoms with Gasteiger partial charge in [0.25, 0.3) is 0 Å². The number of hydrogen-bond acceptors (Lipinski definition) is 4. The fourth-order valence-corrected chi connectivity index (χ4v) is 4.28. The first kappa shape index (κ1) is 20.6. The SMILES string of the molecule is CCCCN=C(N)N1CC[C@@H](OC(=O)[C@](O)(c2ccccc2)C2CCCC2)C1. The highest BCUT2D eigenvalue weighted by atomic mass is 16.6. The van der Waals surface area contributed by atoms with Crippen LogP contribution in [0.25, 0.3) is 0 Å². The van der Waals surface area contributed by atoms with Crippen LogP contribution in [0.15, 0.2) is 35.3 Å². The standard InChI is InChI=1S/C22H33N3O3/c1-2-3-14-24-21(23)25-15-13-19(16-25)28-20(26)22(27,18-11-7-8-12-18)17-9-5-4-6-10-17/h4-6,9-10,18-19,27H,2-3,7-8,11-16H2,1H3,(H2,23,24)/t19-,22+/m1/s1. The molecule has 1 aromatic rings. The molecule has 0 spiro atoms. The number of nitrogens with two attached hydrogens (primary N) is 1. The normalized spacial score (nSPS) is 23.0. The molecule has 6 nitrogen and oxygen atoms in total. The Morgan fingerprint density at radius 3 is 2.68 bits per heavy atom. The molecule has 2 fully saturated rings. The summed E-state index contributed by atoms with van der Waals surface area (Å²) in [6, 6.07) is 9.23. The lowest BCUT2D eigenvalue weighted by atomic mass is 9.80. The molecule has 1 aliphatic carbocycles. The molecule has 1 saturated heterocycles. The van der Waals surface area contributed by atoms with Crippen molar-refractivity contribution in [2.45, 2.75) is 63.6 Å². The van der Waals surface area contributed by atoms with Gasteiger partial charge in [0, 0.05) is 25.4 Å². The van der Waals surface area contributed by atoms with Crippen LogP contribution in [-0.4, -0.2) is 47.7 Å². The van der Waals surface area contributed by atoms with Crippen molar-refractivity contribution < 1.29 is 14.6 Å². The van der Waals surface area contributed by atoms with Gasteiger partial charge in [0.1, 0.15) is 6.10 Å². The average Bonchev–Trinajstić information content (AvgIpc) is 3.40. The minimum atomic E-state index is -1.58. The molecule has 6 heteroatoms. The monoisotopic (exact) mass is 387 g/mol. The number of aliphatic hydroxyl groups is 1. The summed E-state index contributed by atoms with van der Waals surface area (Å²) in [5, 5.41) is 11.5. The van der Waals surface area contributed by atoms with Crippen LogP contribution in [0.4, 0.5) is 0 Å². The molecule has 0 bridgehead atoms. The van der Waals surface area contributed by atoms with Crippen LogP contribution >= 0.6 is 0 Å². The molecular weight excluding hydrogens is 354 g/mol. The van der Waals surface area contributed by atoms with Crippen molar-refractivity contribution in [2.75, 3.05) is 19.6 Å². The molecule has 1 heterocycles. The average molecular weight is 388 g/mol. The van der Waals surface area contributed by atoms with Gasteiger partial charge < -0.3 is 20.5 Å². The number of guanidine groups is 1. The third kappa shape index (κ3) is 4.49. The van der Waals surface area contributed by atoms with Crippen molar-refractivity contribution >= 4 is 11.9 Å². The van der Waals surface area contributed by atoms with Crippen LogP contribution in [0, 0.1) is 5.92 Å². The third-order valence-electron chi connectivity index (χ3n) is 6.00. The van der Waals surface area contributed by atoms with Crippen molar-refractivity contribution in [1.82, 2.24) is 4.90 Å². The smallest absolute Gasteiger partial charge is 0.343 e. The molecule has 0 radical (unpaired) electrons. The highest BCUT2D eigenvalue weighted by Crippen LogP contribution is 2.41. The van der Waals surface area contributed by atoms with E-state index in [4.69, 9.17) is 10.5 Å². The summed E-state index contributed by atoms with van der Waals surface area (Å²) >= 11 is 0. The van der Waals surface area contributed by atoms with Crippen molar-refractivity contribution in [1.29, 1.82) is 0 Å². The Morgan fingerprint density at radius 1 is 1.29 bits per heavy atom. The Balaban J connectivity index is 1.67. The van der Waals surface area contributed by atoms with E-state index in [0.29, 0.717) is 31.0 Å². The fourth-order valence-electron chi connectivity index (χ4n) is 4.28. The van der Waals surface area contributed by atoms with Gasteiger partial charge in [-0.1, -0.05) is 56.5 Å². The number of hydrogen-bond donors (Lipinski definition) is 2. The summed E-state index contributed by atoms with van der Waals surface area (Å²) in [5.41, 5.74) is 5.13. The van der Waals surface area contributed by atoms with Crippen molar-refractivity contribution in [3.8, 4) is 0 Å². The quantitative estimate of drug-likeness (QED) is 0.325. The summed E-state index contributed by atoms with van der Waals surface area (Å²) in [6.45, 7) is 4.09. The maximum atomic E-state index is 13.1. The second kappa shape index (κ2) is 9.41. The van der Waals surface area contributed by atoms with Crippen LogP contribution < -0.4 is 5.73 Å². The molecule has 3 N–H and O–H groups in total. The van der Waals surface area contributed by atoms with Gasteiger partial charge in [-0.3, -0.25) is 4.99 Å². The number of unbranched alkanes of at least 4 members (excludes halogenated alkanes) is 1. The number of rotatable bonds is 7. The van der Waals surface area contributed by atoms with Gasteiger partial charge in [-0.15, -0.1) is 0 Å². The second-order valence-corrected chi connectivity index (χ2v) is 7.97. The highest BCUT2D eigenvalue weighted by Gasteiger charge is 2.48. The Kier molecular flexibility index (Phi) is 6.94. The lowest BCUT2D eigenvalue weighted by Gasteiger charge is -2.33. The largest absolute Gasteiger partial charge is 0.458 e. The lowest BCUT2D eigenvalue weighted by molar-refractivity contribution is -0.178. The zero-order valence-electron chi connectivity index (χ0n) is 16.8. The molecule has 1 saturated carbocycles. The number of ether oxygens (including phenoxy) is 1. The number of aliphatic imine (C=N–C) groups is 1. The molecule has 0 unspecified atom stereocenters. The molecule has 1 aromatic carbocycles. The van der Waals surface area contributed by atoms with Gasteiger partial charge in [-0.2, -0.15) is 0 Å². The third-order valence-corrected chi connectivity index (χ3v) is 6.00. The Hall–Kier alpha value is -2.08. The minimum absolute atomic E-state index is 0.0967. The van der Waals surface area contributed by atoms with Gasteiger partial charge in [0.05, 0.1) is 6.54 Å². The Labute approximate surface area is 167 Å². The van der Waals surface area contributed by atoms with Crippen LogP contribution in [0.3, 0.4) is 0 Å². The number of benzene rings is 1. The highest BCUT2D eigenvalue weighted by molar-refractivity contribution is 5.82. The second-order valence-electron chi connectivity index (χ2n) is 7.97. The number of carbonyl (C=O) groups excluding carboxylic acids is 1. The van der Waals surface area contributed by atoms with E-state index in [2.05, 4.69) is 11.9 Å². The zero-order valence-corrected chi connectivity index (χ0v) is 16.8. The van der Waals surface area contributed by atoms with Crippen molar-refractivity contribution in [3.05, 3.63) is 35.9 Å². The zero-order chi connectivity index (χ0) is 20.0. The van der Waals surface area contributed by atoms with E-state index in [1.165, 1.54) is 0 Å². The van der Waals surface area contributed by atoms with E-state index in [9.17, 15) is 9.90 Å². The van der Waals surface area contributed by atoms with Crippen LogP contribution in [0.2, 0.25) is 0 Å². The Bertz CT molecular complexity index is 673. The van der Waals surface area contributed by atoms with E-state index in [0.717, 1.165) is 45.1 Å². The van der Waals surface area contributed by atoms with E-state index in [-0.39, 0.29) is 12.0 Å². The molecule has 154 valence electrons. The van der Waals surface area contributed by atoms with Crippen LogP contribution in [0.1, 0.15) is 57.4 Å².